The van der Waals surface area contributed by atoms with Gasteiger partial charge in [-0.15, -0.1) is 0 Å². The molecule has 0 fully saturated rings. The topological polar surface area (TPSA) is 42.5 Å². The molecular weight excluding hydrogens is 377 g/mol. The second-order valence-electron chi connectivity index (χ2n) is 4.84. The first kappa shape index (κ1) is 19.1. The molecule has 0 aliphatic rings. The van der Waals surface area contributed by atoms with Crippen molar-refractivity contribution in [1.82, 2.24) is 0 Å². The molecule has 2 aromatic rings. The fourth-order valence-corrected chi connectivity index (χ4v) is 2.47. The average molecular weight is 391 g/mol. The third-order valence-electron chi connectivity index (χ3n) is 3.18. The Kier molecular flexibility index (Phi) is 5.97. The standard InChI is InChI=1S/C16H14ClF3N2O2S/c1-23-10-4-6-14(24-2)13(8-10)22-15(25)21-9-3-5-12(17)11(7-9)16(18,19)20/h3-8H,1-2H3,(H2,21,22,25). The molecule has 2 aromatic carbocycles. The van der Waals surface area contributed by atoms with Crippen LogP contribution >= 0.6 is 23.8 Å². The van der Waals surface area contributed by atoms with Gasteiger partial charge in [-0.1, -0.05) is 11.6 Å². The Morgan fingerprint density at radius 1 is 1.04 bits per heavy atom. The Morgan fingerprint density at radius 3 is 2.36 bits per heavy atom. The van der Waals surface area contributed by atoms with E-state index in [9.17, 15) is 13.2 Å². The molecule has 0 heterocycles. The minimum Gasteiger partial charge on any atom is -0.497 e. The number of anilines is 2. The molecule has 0 atom stereocenters. The van der Waals surface area contributed by atoms with E-state index in [2.05, 4.69) is 10.6 Å². The van der Waals surface area contributed by atoms with Gasteiger partial charge in [-0.3, -0.25) is 0 Å². The zero-order valence-corrected chi connectivity index (χ0v) is 14.8. The number of methoxy groups -OCH3 is 2. The summed E-state index contributed by atoms with van der Waals surface area (Å²) in [5, 5.41) is 5.24. The molecule has 0 saturated carbocycles. The third-order valence-corrected chi connectivity index (χ3v) is 3.72. The van der Waals surface area contributed by atoms with E-state index in [1.54, 1.807) is 18.2 Å². The van der Waals surface area contributed by atoms with Crippen LogP contribution in [0.2, 0.25) is 5.02 Å². The van der Waals surface area contributed by atoms with E-state index in [0.717, 1.165) is 12.1 Å². The van der Waals surface area contributed by atoms with Crippen LogP contribution in [0.4, 0.5) is 24.5 Å². The molecule has 0 radical (unpaired) electrons. The highest BCUT2D eigenvalue weighted by atomic mass is 35.5. The molecule has 4 nitrogen and oxygen atoms in total. The van der Waals surface area contributed by atoms with Gasteiger partial charge in [0.1, 0.15) is 11.5 Å². The van der Waals surface area contributed by atoms with E-state index in [0.29, 0.717) is 17.2 Å². The van der Waals surface area contributed by atoms with Crippen LogP contribution in [0.25, 0.3) is 0 Å². The molecule has 0 spiro atoms. The van der Waals surface area contributed by atoms with E-state index >= 15 is 0 Å². The summed E-state index contributed by atoms with van der Waals surface area (Å²) >= 11 is 10.7. The fourth-order valence-electron chi connectivity index (χ4n) is 2.02. The largest absolute Gasteiger partial charge is 0.497 e. The Hall–Kier alpha value is -2.19. The van der Waals surface area contributed by atoms with Gasteiger partial charge in [-0.2, -0.15) is 13.2 Å². The highest BCUT2D eigenvalue weighted by Crippen LogP contribution is 2.36. The first-order valence-corrected chi connectivity index (χ1v) is 7.70. The predicted molar refractivity (Wildman–Crippen MR) is 95.8 cm³/mol. The van der Waals surface area contributed by atoms with Crippen molar-refractivity contribution in [2.24, 2.45) is 0 Å². The van der Waals surface area contributed by atoms with Crippen molar-refractivity contribution in [1.29, 1.82) is 0 Å². The van der Waals surface area contributed by atoms with E-state index in [1.807, 2.05) is 0 Å². The highest BCUT2D eigenvalue weighted by molar-refractivity contribution is 7.80. The maximum Gasteiger partial charge on any atom is 0.417 e. The van der Waals surface area contributed by atoms with Crippen LogP contribution in [-0.4, -0.2) is 19.3 Å². The summed E-state index contributed by atoms with van der Waals surface area (Å²) < 4.78 is 49.0. The number of hydrogen-bond acceptors (Lipinski definition) is 3. The van der Waals surface area contributed by atoms with Crippen LogP contribution in [-0.2, 0) is 6.18 Å². The van der Waals surface area contributed by atoms with E-state index in [1.165, 1.54) is 20.3 Å². The van der Waals surface area contributed by atoms with E-state index in [4.69, 9.17) is 33.3 Å². The summed E-state index contributed by atoms with van der Waals surface area (Å²) in [6.45, 7) is 0. The molecule has 0 aromatic heterocycles. The first-order valence-electron chi connectivity index (χ1n) is 6.91. The van der Waals surface area contributed by atoms with E-state index < -0.39 is 11.7 Å². The summed E-state index contributed by atoms with van der Waals surface area (Å²) in [6, 6.07) is 8.47. The zero-order chi connectivity index (χ0) is 18.6. The molecule has 0 aliphatic heterocycles. The predicted octanol–water partition coefficient (Wildman–Crippen LogP) is 5.18. The smallest absolute Gasteiger partial charge is 0.417 e. The number of nitrogens with one attached hydrogen (secondary N) is 2. The first-order chi connectivity index (χ1) is 11.7. The number of hydrogen-bond donors (Lipinski definition) is 2. The van der Waals surface area contributed by atoms with Gasteiger partial charge < -0.3 is 20.1 Å². The fraction of sp³-hybridized carbons (Fsp3) is 0.188. The lowest BCUT2D eigenvalue weighted by Gasteiger charge is -2.16. The lowest BCUT2D eigenvalue weighted by atomic mass is 10.2. The Balaban J connectivity index is 2.18. The summed E-state index contributed by atoms with van der Waals surface area (Å²) in [5.41, 5.74) is -0.290. The van der Waals surface area contributed by atoms with Gasteiger partial charge in [0.25, 0.3) is 0 Å². The maximum atomic E-state index is 12.9. The van der Waals surface area contributed by atoms with Gasteiger partial charge in [-0.25, -0.2) is 0 Å². The van der Waals surface area contributed by atoms with Crippen LogP contribution in [0, 0.1) is 0 Å². The molecule has 2 N–H and O–H groups in total. The van der Waals surface area contributed by atoms with Crippen molar-refractivity contribution in [3.8, 4) is 11.5 Å². The van der Waals surface area contributed by atoms with Crippen molar-refractivity contribution in [2.75, 3.05) is 24.9 Å². The number of thiocarbonyl (C=S) groups is 1. The van der Waals surface area contributed by atoms with Crippen LogP contribution in [0.3, 0.4) is 0 Å². The average Bonchev–Trinajstić information content (AvgIpc) is 2.55. The molecule has 2 rings (SSSR count). The molecule has 0 unspecified atom stereocenters. The van der Waals surface area contributed by atoms with Gasteiger partial charge >= 0.3 is 6.18 Å². The Bertz CT molecular complexity index is 784. The molecule has 0 amide bonds. The quantitative estimate of drug-likeness (QED) is 0.704. The second kappa shape index (κ2) is 7.79. The number of ether oxygens (including phenoxy) is 2. The molecule has 134 valence electrons. The molecule has 0 saturated heterocycles. The minimum atomic E-state index is -4.56. The lowest BCUT2D eigenvalue weighted by molar-refractivity contribution is -0.137. The Labute approximate surface area is 152 Å². The van der Waals surface area contributed by atoms with E-state index in [-0.39, 0.29) is 15.8 Å². The molecule has 9 heteroatoms. The van der Waals surface area contributed by atoms with Crippen LogP contribution in [0.15, 0.2) is 36.4 Å². The SMILES string of the molecule is COc1ccc(OC)c(NC(=S)Nc2ccc(Cl)c(C(F)(F)F)c2)c1. The Morgan fingerprint density at radius 2 is 1.76 bits per heavy atom. The van der Waals surface area contributed by atoms with Crippen molar-refractivity contribution in [2.45, 2.75) is 6.18 Å². The number of rotatable bonds is 4. The summed E-state index contributed by atoms with van der Waals surface area (Å²) in [6.07, 6.45) is -4.56. The number of benzene rings is 2. The number of halogens is 4. The van der Waals surface area contributed by atoms with Crippen molar-refractivity contribution < 1.29 is 22.6 Å². The van der Waals surface area contributed by atoms with Crippen LogP contribution in [0.5, 0.6) is 11.5 Å². The van der Waals surface area contributed by atoms with Crippen LogP contribution < -0.4 is 20.1 Å². The molecular formula is C16H14ClF3N2O2S. The summed E-state index contributed by atoms with van der Waals surface area (Å²) in [4.78, 5) is 0. The normalized spacial score (nSPS) is 11.0. The highest BCUT2D eigenvalue weighted by Gasteiger charge is 2.33. The second-order valence-corrected chi connectivity index (χ2v) is 5.65. The number of alkyl halides is 3. The maximum absolute atomic E-state index is 12.9. The molecule has 0 aliphatic carbocycles. The van der Waals surface area contributed by atoms with Crippen molar-refractivity contribution in [3.63, 3.8) is 0 Å². The van der Waals surface area contributed by atoms with Gasteiger partial charge in [0.15, 0.2) is 5.11 Å². The molecule has 25 heavy (non-hydrogen) atoms. The van der Waals surface area contributed by atoms with Crippen molar-refractivity contribution in [3.05, 3.63) is 47.0 Å². The van der Waals surface area contributed by atoms with Gasteiger partial charge in [0, 0.05) is 11.8 Å². The molecule has 0 bridgehead atoms. The third kappa shape index (κ3) is 4.90. The van der Waals surface area contributed by atoms with Crippen LogP contribution in [0.1, 0.15) is 5.56 Å². The van der Waals surface area contributed by atoms with Crippen molar-refractivity contribution >= 4 is 40.3 Å². The minimum absolute atomic E-state index is 0.0852. The van der Waals surface area contributed by atoms with Gasteiger partial charge in [0.2, 0.25) is 0 Å². The monoisotopic (exact) mass is 390 g/mol. The van der Waals surface area contributed by atoms with Gasteiger partial charge in [0.05, 0.1) is 30.5 Å². The zero-order valence-electron chi connectivity index (χ0n) is 13.2. The summed E-state index contributed by atoms with van der Waals surface area (Å²) in [7, 11) is 2.99. The van der Waals surface area contributed by atoms with Gasteiger partial charge in [-0.05, 0) is 42.5 Å². The summed E-state index contributed by atoms with van der Waals surface area (Å²) in [5.74, 6) is 1.06. The lowest BCUT2D eigenvalue weighted by Crippen LogP contribution is -2.20.